The molecule has 1 aliphatic rings. The lowest BCUT2D eigenvalue weighted by atomic mass is 10.1. The SMILES string of the molecule is C[C@@H](NC(=O)CN1CCC[C@@H]1c1nc2ccccc2s1)c1ccc(Br)cc1. The highest BCUT2D eigenvalue weighted by molar-refractivity contribution is 9.10. The summed E-state index contributed by atoms with van der Waals surface area (Å²) in [4.78, 5) is 19.7. The fourth-order valence-electron chi connectivity index (χ4n) is 3.63. The van der Waals surface area contributed by atoms with Gasteiger partial charge in [0, 0.05) is 4.47 Å². The molecule has 4 rings (SSSR count). The molecule has 1 amide bonds. The van der Waals surface area contributed by atoms with Crippen LogP contribution in [0.15, 0.2) is 53.0 Å². The summed E-state index contributed by atoms with van der Waals surface area (Å²) in [5, 5.41) is 4.26. The molecule has 2 atom stereocenters. The minimum Gasteiger partial charge on any atom is -0.348 e. The van der Waals surface area contributed by atoms with Gasteiger partial charge in [-0.05, 0) is 56.1 Å². The number of rotatable bonds is 5. The summed E-state index contributed by atoms with van der Waals surface area (Å²) in [5.41, 5.74) is 2.16. The van der Waals surface area contributed by atoms with Crippen molar-refractivity contribution >= 4 is 43.4 Å². The van der Waals surface area contributed by atoms with Crippen LogP contribution in [0.5, 0.6) is 0 Å². The van der Waals surface area contributed by atoms with Crippen molar-refractivity contribution in [1.82, 2.24) is 15.2 Å². The average molecular weight is 444 g/mol. The molecule has 3 aromatic rings. The number of halogens is 1. The molecule has 27 heavy (non-hydrogen) atoms. The van der Waals surface area contributed by atoms with Crippen LogP contribution in [0, 0.1) is 0 Å². The number of aromatic nitrogens is 1. The number of hydrogen-bond acceptors (Lipinski definition) is 4. The first-order valence-electron chi connectivity index (χ1n) is 9.24. The van der Waals surface area contributed by atoms with E-state index in [1.54, 1.807) is 11.3 Å². The highest BCUT2D eigenvalue weighted by Gasteiger charge is 2.30. The molecule has 1 aromatic heterocycles. The van der Waals surface area contributed by atoms with Crippen LogP contribution in [0.1, 0.15) is 42.4 Å². The van der Waals surface area contributed by atoms with Gasteiger partial charge in [0.1, 0.15) is 5.01 Å². The van der Waals surface area contributed by atoms with Crippen molar-refractivity contribution in [3.8, 4) is 0 Å². The predicted molar refractivity (Wildman–Crippen MR) is 114 cm³/mol. The Morgan fingerprint density at radius 2 is 2.07 bits per heavy atom. The number of carbonyl (C=O) groups excluding carboxylic acids is 1. The van der Waals surface area contributed by atoms with E-state index in [9.17, 15) is 4.79 Å². The van der Waals surface area contributed by atoms with E-state index in [-0.39, 0.29) is 18.0 Å². The van der Waals surface area contributed by atoms with Crippen LogP contribution in [0.4, 0.5) is 0 Å². The van der Waals surface area contributed by atoms with E-state index in [1.807, 2.05) is 43.3 Å². The zero-order valence-electron chi connectivity index (χ0n) is 15.2. The molecule has 6 heteroatoms. The third-order valence-corrected chi connectivity index (χ3v) is 6.72. The molecule has 0 bridgehead atoms. The molecule has 1 aliphatic heterocycles. The molecule has 0 spiro atoms. The molecule has 0 radical (unpaired) electrons. The summed E-state index contributed by atoms with van der Waals surface area (Å²) in [7, 11) is 0. The number of benzene rings is 2. The van der Waals surface area contributed by atoms with Gasteiger partial charge < -0.3 is 5.32 Å². The summed E-state index contributed by atoms with van der Waals surface area (Å²) >= 11 is 5.19. The van der Waals surface area contributed by atoms with Crippen molar-refractivity contribution in [2.45, 2.75) is 31.8 Å². The van der Waals surface area contributed by atoms with Crippen LogP contribution >= 0.6 is 27.3 Å². The van der Waals surface area contributed by atoms with E-state index in [4.69, 9.17) is 4.98 Å². The van der Waals surface area contributed by atoms with E-state index >= 15 is 0 Å². The maximum Gasteiger partial charge on any atom is 0.234 e. The molecule has 2 heterocycles. The second-order valence-corrected chi connectivity index (χ2v) is 8.97. The van der Waals surface area contributed by atoms with Crippen molar-refractivity contribution < 1.29 is 4.79 Å². The summed E-state index contributed by atoms with van der Waals surface area (Å²) in [6, 6.07) is 16.6. The highest BCUT2D eigenvalue weighted by atomic mass is 79.9. The molecule has 1 saturated heterocycles. The van der Waals surface area contributed by atoms with Gasteiger partial charge in [0.15, 0.2) is 0 Å². The average Bonchev–Trinajstić information content (AvgIpc) is 3.28. The fraction of sp³-hybridized carbons (Fsp3) is 0.333. The maximum absolute atomic E-state index is 12.6. The molecule has 1 fully saturated rings. The van der Waals surface area contributed by atoms with Crippen LogP contribution in [0.25, 0.3) is 10.2 Å². The highest BCUT2D eigenvalue weighted by Crippen LogP contribution is 2.36. The van der Waals surface area contributed by atoms with E-state index in [0.717, 1.165) is 39.9 Å². The van der Waals surface area contributed by atoms with E-state index < -0.39 is 0 Å². The van der Waals surface area contributed by atoms with Gasteiger partial charge in [-0.2, -0.15) is 0 Å². The Morgan fingerprint density at radius 1 is 1.30 bits per heavy atom. The van der Waals surface area contributed by atoms with Crippen molar-refractivity contribution in [3.05, 3.63) is 63.6 Å². The van der Waals surface area contributed by atoms with Crippen LogP contribution < -0.4 is 5.32 Å². The van der Waals surface area contributed by atoms with Gasteiger partial charge in [-0.15, -0.1) is 11.3 Å². The lowest BCUT2D eigenvalue weighted by Gasteiger charge is -2.23. The second-order valence-electron chi connectivity index (χ2n) is 6.99. The number of para-hydroxylation sites is 1. The summed E-state index contributed by atoms with van der Waals surface area (Å²) in [6.07, 6.45) is 2.17. The predicted octanol–water partition coefficient (Wildman–Crippen LogP) is 5.07. The van der Waals surface area contributed by atoms with Crippen LogP contribution in [0.2, 0.25) is 0 Å². The van der Waals surface area contributed by atoms with Crippen molar-refractivity contribution in [2.75, 3.05) is 13.1 Å². The number of thiazole rings is 1. The molecular weight excluding hydrogens is 422 g/mol. The molecule has 2 aromatic carbocycles. The van der Waals surface area contributed by atoms with Crippen LogP contribution in [-0.4, -0.2) is 28.9 Å². The summed E-state index contributed by atoms with van der Waals surface area (Å²) < 4.78 is 2.26. The first-order valence-corrected chi connectivity index (χ1v) is 10.9. The van der Waals surface area contributed by atoms with Crippen LogP contribution in [-0.2, 0) is 4.79 Å². The zero-order chi connectivity index (χ0) is 18.8. The minimum atomic E-state index is -0.00546. The lowest BCUT2D eigenvalue weighted by molar-refractivity contribution is -0.123. The van der Waals surface area contributed by atoms with E-state index in [2.05, 4.69) is 38.3 Å². The number of nitrogens with zero attached hydrogens (tertiary/aromatic N) is 2. The first-order chi connectivity index (χ1) is 13.1. The van der Waals surface area contributed by atoms with Crippen molar-refractivity contribution in [3.63, 3.8) is 0 Å². The standard InChI is InChI=1S/C21H22BrN3OS/c1-14(15-8-10-16(22)11-9-15)23-20(26)13-25-12-4-6-18(25)21-24-17-5-2-3-7-19(17)27-21/h2-3,5,7-11,14,18H,4,6,12-13H2,1H3,(H,23,26)/t14-,18-/m1/s1. The number of likely N-dealkylation sites (tertiary alicyclic amines) is 1. The Labute approximate surface area is 171 Å². The Bertz CT molecular complexity index is 907. The third-order valence-electron chi connectivity index (χ3n) is 5.05. The number of amides is 1. The smallest absolute Gasteiger partial charge is 0.234 e. The van der Waals surface area contributed by atoms with Gasteiger partial charge in [-0.25, -0.2) is 4.98 Å². The van der Waals surface area contributed by atoms with Gasteiger partial charge >= 0.3 is 0 Å². The molecule has 4 nitrogen and oxygen atoms in total. The van der Waals surface area contributed by atoms with Gasteiger partial charge in [0.05, 0.1) is 28.8 Å². The summed E-state index contributed by atoms with van der Waals surface area (Å²) in [5.74, 6) is 0.0680. The van der Waals surface area contributed by atoms with Gasteiger partial charge in [0.25, 0.3) is 0 Å². The fourth-order valence-corrected chi connectivity index (χ4v) is 5.04. The quantitative estimate of drug-likeness (QED) is 0.598. The third kappa shape index (κ3) is 4.23. The first kappa shape index (κ1) is 18.6. The Morgan fingerprint density at radius 3 is 2.85 bits per heavy atom. The molecule has 0 aliphatic carbocycles. The molecule has 1 N–H and O–H groups in total. The number of nitrogens with one attached hydrogen (secondary N) is 1. The van der Waals surface area contributed by atoms with Crippen LogP contribution in [0.3, 0.4) is 0 Å². The maximum atomic E-state index is 12.6. The van der Waals surface area contributed by atoms with Gasteiger partial charge in [-0.1, -0.05) is 40.2 Å². The summed E-state index contributed by atoms with van der Waals surface area (Å²) in [6.45, 7) is 3.39. The number of hydrogen-bond donors (Lipinski definition) is 1. The normalized spacial score (nSPS) is 18.7. The monoisotopic (exact) mass is 443 g/mol. The van der Waals surface area contributed by atoms with Crippen molar-refractivity contribution in [2.24, 2.45) is 0 Å². The molecule has 140 valence electrons. The second kappa shape index (κ2) is 8.09. The molecule has 0 unspecified atom stereocenters. The largest absolute Gasteiger partial charge is 0.348 e. The Kier molecular flexibility index (Phi) is 5.57. The van der Waals surface area contributed by atoms with Gasteiger partial charge in [0.2, 0.25) is 5.91 Å². The van der Waals surface area contributed by atoms with E-state index in [0.29, 0.717) is 6.54 Å². The topological polar surface area (TPSA) is 45.2 Å². The number of fused-ring (bicyclic) bond motifs is 1. The minimum absolute atomic E-state index is 0.00546. The lowest BCUT2D eigenvalue weighted by Crippen LogP contribution is -2.38. The molecular formula is C21H22BrN3OS. The Balaban J connectivity index is 1.41. The Hall–Kier alpha value is -1.76. The molecule has 0 saturated carbocycles. The van der Waals surface area contributed by atoms with E-state index in [1.165, 1.54) is 4.70 Å². The number of carbonyl (C=O) groups is 1. The van der Waals surface area contributed by atoms with Gasteiger partial charge in [-0.3, -0.25) is 9.69 Å². The zero-order valence-corrected chi connectivity index (χ0v) is 17.6. The van der Waals surface area contributed by atoms with Crippen molar-refractivity contribution in [1.29, 1.82) is 0 Å².